The van der Waals surface area contributed by atoms with Gasteiger partial charge in [-0.2, -0.15) is 0 Å². The molecule has 0 saturated heterocycles. The van der Waals surface area contributed by atoms with Crippen molar-refractivity contribution >= 4 is 0 Å². The first-order chi connectivity index (χ1) is 0. The molecule has 0 atom stereocenters. The van der Waals surface area contributed by atoms with Gasteiger partial charge in [-0.1, -0.05) is 0 Å². The first-order valence-corrected chi connectivity index (χ1v) is 0. The van der Waals surface area contributed by atoms with Crippen LogP contribution in [0.4, 0.5) is 0 Å². The van der Waals surface area contributed by atoms with Crippen LogP contribution in [0.25, 0.3) is 0 Å². The van der Waals surface area contributed by atoms with Gasteiger partial charge in [-0.25, -0.2) is 0 Å². The SMILES string of the molecule is [166Ho+3].[Cl-].[Cl-].[Cl-]. The van der Waals surface area contributed by atoms with Crippen LogP contribution in [0.2, 0.25) is 0 Å². The molecule has 0 unspecified atom stereocenters. The first-order valence-electron chi connectivity index (χ1n) is 0. The molecular formula is Cl3Ho. The fraction of sp³-hybridized carbons (Fsp3) is 0. The predicted octanol–water partition coefficient (Wildman–Crippen LogP) is -8.99. The average Bonchev–Trinajstić information content (AvgIpc) is 0. The number of rotatable bonds is 0. The summed E-state index contributed by atoms with van der Waals surface area (Å²) in [6, 6.07) is 0. The van der Waals surface area contributed by atoms with Crippen LogP contribution in [0.3, 0.4) is 0 Å². The fourth-order valence-electron chi connectivity index (χ4n) is 0. The Morgan fingerprint density at radius 3 is 0.500 bits per heavy atom. The number of halogens is 3. The van der Waals surface area contributed by atoms with E-state index in [0.29, 0.717) is 0 Å². The van der Waals surface area contributed by atoms with Crippen molar-refractivity contribution in [2.45, 2.75) is 0 Å². The van der Waals surface area contributed by atoms with E-state index in [2.05, 4.69) is 0 Å². The Morgan fingerprint density at radius 2 is 0.500 bits per heavy atom. The molecule has 0 aromatic rings. The van der Waals surface area contributed by atoms with Gasteiger partial charge in [-0.05, 0) is 0 Å². The fourth-order valence-corrected chi connectivity index (χ4v) is 0. The Morgan fingerprint density at radius 1 is 0.500 bits per heavy atom. The van der Waals surface area contributed by atoms with Gasteiger partial charge in [0.25, 0.3) is 0 Å². The maximum Gasteiger partial charge on any atom is 3.00 e. The van der Waals surface area contributed by atoms with Crippen molar-refractivity contribution in [2.24, 2.45) is 0 Å². The molecule has 0 fully saturated rings. The molecule has 0 spiro atoms. The Kier molecular flexibility index (Phi) is 171. The summed E-state index contributed by atoms with van der Waals surface area (Å²) in [6.45, 7) is 0. The summed E-state index contributed by atoms with van der Waals surface area (Å²) in [4.78, 5) is 0. The normalized spacial score (nSPS) is 0. The van der Waals surface area contributed by atoms with Gasteiger partial charge in [0.1, 0.15) is 0 Å². The quantitative estimate of drug-likeness (QED) is 0.384. The van der Waals surface area contributed by atoms with Crippen LogP contribution >= 0.6 is 0 Å². The van der Waals surface area contributed by atoms with Gasteiger partial charge in [0.05, 0.1) is 0 Å². The largest absolute Gasteiger partial charge is 3.00 e. The van der Waals surface area contributed by atoms with E-state index < -0.39 is 0 Å². The second kappa shape index (κ2) is 19.3. The molecule has 0 aliphatic rings. The molecule has 0 saturated carbocycles. The molecule has 0 bridgehead atoms. The van der Waals surface area contributed by atoms with E-state index in [9.17, 15) is 0 Å². The molecule has 0 aliphatic heterocycles. The maximum atomic E-state index is 0. The molecule has 0 N–H and O–H groups in total. The maximum absolute atomic E-state index is 0. The molecule has 0 nitrogen and oxygen atoms in total. The van der Waals surface area contributed by atoms with E-state index in [4.69, 9.17) is 0 Å². The monoisotopic (exact) mass is 271 g/mol. The zero-order valence-corrected chi connectivity index (χ0v) is 5.64. The summed E-state index contributed by atoms with van der Waals surface area (Å²) in [5, 5.41) is 0. The van der Waals surface area contributed by atoms with Crippen LogP contribution in [0.5, 0.6) is 0 Å². The van der Waals surface area contributed by atoms with Crippen molar-refractivity contribution in [3.8, 4) is 0 Å². The van der Waals surface area contributed by atoms with Crippen molar-refractivity contribution in [1.82, 2.24) is 0 Å². The molecule has 0 aromatic carbocycles. The summed E-state index contributed by atoms with van der Waals surface area (Å²) in [7, 11) is 0. The third-order valence-electron chi connectivity index (χ3n) is 0. The topological polar surface area (TPSA) is 0 Å². The second-order valence-corrected chi connectivity index (χ2v) is 0. The molecule has 0 aliphatic carbocycles. The van der Waals surface area contributed by atoms with Gasteiger partial charge in [0.15, 0.2) is 0 Å². The van der Waals surface area contributed by atoms with Crippen molar-refractivity contribution in [1.29, 1.82) is 0 Å². The third kappa shape index (κ3) is 8.92. The van der Waals surface area contributed by atoms with E-state index in [0.717, 1.165) is 0 Å². The second-order valence-electron chi connectivity index (χ2n) is 0. The minimum absolute atomic E-state index is 0. The molecular weight excluding hydrogens is 272 g/mol. The van der Waals surface area contributed by atoms with E-state index in [1.807, 2.05) is 0 Å². The van der Waals surface area contributed by atoms with Crippen molar-refractivity contribution in [3.05, 3.63) is 0 Å². The van der Waals surface area contributed by atoms with Crippen LogP contribution in [-0.2, 0) is 0 Å². The zero-order chi connectivity index (χ0) is 0. The summed E-state index contributed by atoms with van der Waals surface area (Å²) in [5.41, 5.74) is 0. The molecule has 32 valence electrons. The predicted molar refractivity (Wildman–Crippen MR) is 0 cm³/mol. The average molecular weight is 272 g/mol. The number of hydrogen-bond donors (Lipinski definition) is 0. The molecule has 4 heavy (non-hydrogen) atoms. The third-order valence-corrected chi connectivity index (χ3v) is 0. The van der Waals surface area contributed by atoms with Crippen LogP contribution < -0.4 is 37.2 Å². The standard InChI is InChI=1S/3ClH.Ho/h3*1H;/q;;;+3/p-3/i;;;1+1. The summed E-state index contributed by atoms with van der Waals surface area (Å²) >= 11 is 0. The minimum Gasteiger partial charge on any atom is -1.00 e. The smallest absolute Gasteiger partial charge is 1.00 e. The summed E-state index contributed by atoms with van der Waals surface area (Å²) in [6.07, 6.45) is 0. The van der Waals surface area contributed by atoms with Gasteiger partial charge in [-0.3, -0.25) is 0 Å². The van der Waals surface area contributed by atoms with Crippen molar-refractivity contribution in [3.63, 3.8) is 0 Å². The van der Waals surface area contributed by atoms with Crippen LogP contribution in [-0.4, -0.2) is 0 Å². The number of hydrogen-bond acceptors (Lipinski definition) is 0. The van der Waals surface area contributed by atoms with Gasteiger partial charge >= 0.3 is 37.7 Å². The van der Waals surface area contributed by atoms with E-state index in [1.54, 1.807) is 0 Å². The summed E-state index contributed by atoms with van der Waals surface area (Å²) < 4.78 is 0. The van der Waals surface area contributed by atoms with Gasteiger partial charge in [0.2, 0.25) is 0 Å². The van der Waals surface area contributed by atoms with Gasteiger partial charge < -0.3 is 37.2 Å². The van der Waals surface area contributed by atoms with Gasteiger partial charge in [-0.15, -0.1) is 0 Å². The van der Waals surface area contributed by atoms with Crippen LogP contribution in [0.15, 0.2) is 0 Å². The first kappa shape index (κ1) is 35.6. The molecule has 0 amide bonds. The van der Waals surface area contributed by atoms with Crippen LogP contribution in [0.1, 0.15) is 0 Å². The molecule has 0 heterocycles. The minimum atomic E-state index is 0. The van der Waals surface area contributed by atoms with Crippen molar-refractivity contribution < 1.29 is 75.0 Å². The van der Waals surface area contributed by atoms with Gasteiger partial charge in [0, 0.05) is 0 Å². The molecule has 0 aromatic heterocycles. The Labute approximate surface area is 73.9 Å². The Hall–Kier alpha value is 2.13. The Balaban J connectivity index is 0. The Bertz CT molecular complexity index is 3.25. The van der Waals surface area contributed by atoms with E-state index in [-0.39, 0.29) is 75.0 Å². The molecule has 0 rings (SSSR count). The molecule has 0 radical (unpaired) electrons. The van der Waals surface area contributed by atoms with Crippen LogP contribution in [0, 0.1) is 37.7 Å². The van der Waals surface area contributed by atoms with Crippen molar-refractivity contribution in [2.75, 3.05) is 0 Å². The van der Waals surface area contributed by atoms with E-state index in [1.165, 1.54) is 0 Å². The summed E-state index contributed by atoms with van der Waals surface area (Å²) in [5.74, 6) is 0. The van der Waals surface area contributed by atoms with E-state index >= 15 is 0 Å². The molecule has 4 heteroatoms. The zero-order valence-electron chi connectivity index (χ0n) is 1.44.